The third-order valence-corrected chi connectivity index (χ3v) is 2.83. The van der Waals surface area contributed by atoms with E-state index < -0.39 is 11.9 Å². The molecule has 0 aromatic carbocycles. The van der Waals surface area contributed by atoms with Gasteiger partial charge >= 0.3 is 71.1 Å². The molecule has 146 valence electrons. The zero-order valence-electron chi connectivity index (χ0n) is 16.4. The van der Waals surface area contributed by atoms with Crippen molar-refractivity contribution in [2.45, 2.75) is 13.8 Å². The molecule has 0 saturated carbocycles. The molecule has 0 aliphatic rings. The summed E-state index contributed by atoms with van der Waals surface area (Å²) in [6, 6.07) is 0. The Morgan fingerprint density at radius 1 is 1.15 bits per heavy atom. The van der Waals surface area contributed by atoms with Crippen LogP contribution < -0.4 is 64.4 Å². The largest absolute Gasteiger partial charge is 1.00 e. The van der Waals surface area contributed by atoms with Crippen LogP contribution in [-0.2, 0) is 28.9 Å². The van der Waals surface area contributed by atoms with Gasteiger partial charge in [0.25, 0.3) is 6.47 Å². The van der Waals surface area contributed by atoms with Crippen LogP contribution in [0.5, 0.6) is 0 Å². The average Bonchev–Trinajstić information content (AvgIpc) is 2.51. The van der Waals surface area contributed by atoms with E-state index in [0.717, 1.165) is 11.8 Å². The van der Waals surface area contributed by atoms with Crippen LogP contribution in [0.15, 0.2) is 24.3 Å². The minimum Gasteiger partial charge on any atom is -1.00 e. The van der Waals surface area contributed by atoms with Crippen LogP contribution >= 0.6 is 40.3 Å². The van der Waals surface area contributed by atoms with Crippen LogP contribution in [0.2, 0.25) is 0 Å². The topological polar surface area (TPSA) is 158 Å². The maximum absolute atomic E-state index is 10.3. The first-order valence-corrected chi connectivity index (χ1v) is 8.35. The second-order valence-electron chi connectivity index (χ2n) is 3.44. The van der Waals surface area contributed by atoms with E-state index in [1.807, 2.05) is 0 Å². The minimum absolute atomic E-state index is 0. The first-order chi connectivity index (χ1) is 11.4. The standard InChI is InChI=1S/C6H8O3S.C4H5BrO2.C2H4OS.CH2O3.2Na.H/c1-4(6(8)9)3-10-5(2)7;1-3(2-5)4(6)7;1-2(3)4;2-1-4-3;;;/h1,3H2,2H3,(H,8,9);1-2H2,(H,6,7);1H3,(H,3,4);1,3H;;;/q;;;;2*+1;-1/p-1. The van der Waals surface area contributed by atoms with Crippen molar-refractivity contribution in [3.05, 3.63) is 24.3 Å². The van der Waals surface area contributed by atoms with E-state index >= 15 is 0 Å². The fourth-order valence-electron chi connectivity index (χ4n) is 0.308. The fraction of sp³-hybridized carbons (Fsp3) is 0.308. The molecule has 0 heterocycles. The maximum atomic E-state index is 10.3. The van der Waals surface area contributed by atoms with Gasteiger partial charge in [-0.1, -0.05) is 40.8 Å². The summed E-state index contributed by atoms with van der Waals surface area (Å²) in [5, 5.41) is 24.9. The second kappa shape index (κ2) is 31.1. The first kappa shape index (κ1) is 41.7. The van der Waals surface area contributed by atoms with Gasteiger partial charge in [0.15, 0.2) is 10.2 Å². The minimum atomic E-state index is -1.05. The van der Waals surface area contributed by atoms with E-state index in [1.165, 1.54) is 13.8 Å². The first-order valence-electron chi connectivity index (χ1n) is 5.80. The van der Waals surface area contributed by atoms with E-state index in [0.29, 0.717) is 5.33 Å². The Morgan fingerprint density at radius 3 is 1.56 bits per heavy atom. The summed E-state index contributed by atoms with van der Waals surface area (Å²) >= 11 is 7.21. The van der Waals surface area contributed by atoms with Gasteiger partial charge in [-0.05, 0) is 0 Å². The van der Waals surface area contributed by atoms with Crippen molar-refractivity contribution in [2.75, 3.05) is 11.1 Å². The summed E-state index contributed by atoms with van der Waals surface area (Å²) in [5.74, 6) is -1.82. The molecule has 0 radical (unpaired) electrons. The summed E-state index contributed by atoms with van der Waals surface area (Å²) in [6.07, 6.45) is 0. The molecular weight excluding hydrogens is 490 g/mol. The van der Waals surface area contributed by atoms with E-state index in [1.54, 1.807) is 0 Å². The number of carboxylic acid groups (broad SMARTS) is 2. The Balaban J connectivity index is -0.0000000435. The Bertz CT molecular complexity index is 491. The Morgan fingerprint density at radius 2 is 1.44 bits per heavy atom. The van der Waals surface area contributed by atoms with E-state index in [9.17, 15) is 19.2 Å². The van der Waals surface area contributed by atoms with E-state index in [4.69, 9.17) is 20.3 Å². The molecule has 0 fully saturated rings. The van der Waals surface area contributed by atoms with Gasteiger partial charge in [-0.3, -0.25) is 14.4 Å². The summed E-state index contributed by atoms with van der Waals surface area (Å²) in [6.45, 7) is 9.08. The van der Waals surface area contributed by atoms with Gasteiger partial charge in [-0.25, -0.2) is 9.59 Å². The summed E-state index contributed by atoms with van der Waals surface area (Å²) in [5.41, 5.74) is 0.236. The van der Waals surface area contributed by atoms with Crippen molar-refractivity contribution in [1.29, 1.82) is 0 Å². The van der Waals surface area contributed by atoms with Gasteiger partial charge in [0.2, 0.25) is 0 Å². The van der Waals surface area contributed by atoms with Crippen molar-refractivity contribution >= 4 is 69.0 Å². The van der Waals surface area contributed by atoms with E-state index in [2.05, 4.69) is 46.6 Å². The molecule has 0 aromatic heterocycles. The van der Waals surface area contributed by atoms with Gasteiger partial charge in [0.1, 0.15) is 0 Å². The van der Waals surface area contributed by atoms with Crippen LogP contribution in [0.4, 0.5) is 0 Å². The van der Waals surface area contributed by atoms with Crippen LogP contribution in [0, 0.1) is 0 Å². The van der Waals surface area contributed by atoms with Gasteiger partial charge in [-0.15, -0.1) is 12.6 Å². The molecule has 0 amide bonds. The summed E-state index contributed by atoms with van der Waals surface area (Å²) in [4.78, 5) is 50.7. The fourth-order valence-corrected chi connectivity index (χ4v) is 1.05. The molecule has 27 heavy (non-hydrogen) atoms. The molecule has 9 nitrogen and oxygen atoms in total. The number of carbonyl (C=O) groups is 5. The molecule has 14 heteroatoms. The summed E-state index contributed by atoms with van der Waals surface area (Å²) in [7, 11) is 0. The maximum Gasteiger partial charge on any atom is 1.00 e. The van der Waals surface area contributed by atoms with Gasteiger partial charge in [0, 0.05) is 36.1 Å². The molecule has 0 unspecified atom stereocenters. The quantitative estimate of drug-likeness (QED) is 0.0602. The number of rotatable bonds is 6. The SMILES string of the molecule is C=C(CBr)C(=O)O.C=C(CSC(C)=O)C(=O)O.CC(=O)S.O=CO[O-].[H-].[Na+].[Na+]. The Labute approximate surface area is 220 Å². The molecular formula is C13H19BrNa2O9S2. The van der Waals surface area contributed by atoms with Gasteiger partial charge in [0.05, 0.1) is 0 Å². The molecule has 2 N–H and O–H groups in total. The molecule has 0 atom stereocenters. The third kappa shape index (κ3) is 58.4. The van der Waals surface area contributed by atoms with Crippen molar-refractivity contribution < 1.29 is 105 Å². The number of alkyl halides is 1. The number of hydrogen-bond acceptors (Lipinski definition) is 8. The third-order valence-electron chi connectivity index (χ3n) is 1.26. The average molecular weight is 509 g/mol. The predicted octanol–water partition coefficient (Wildman–Crippen LogP) is -5.05. The normalized spacial score (nSPS) is 7.15. The van der Waals surface area contributed by atoms with Crippen LogP contribution in [0.25, 0.3) is 0 Å². The Kier molecular flexibility index (Phi) is 48.0. The number of halogens is 1. The van der Waals surface area contributed by atoms with Crippen molar-refractivity contribution in [3.63, 3.8) is 0 Å². The predicted molar refractivity (Wildman–Crippen MR) is 98.4 cm³/mol. The molecule has 0 aliphatic carbocycles. The van der Waals surface area contributed by atoms with Crippen LogP contribution in [0.3, 0.4) is 0 Å². The number of thioether (sulfide) groups is 1. The smallest absolute Gasteiger partial charge is 1.00 e. The zero-order chi connectivity index (χ0) is 21.0. The van der Waals surface area contributed by atoms with Crippen LogP contribution in [0.1, 0.15) is 15.3 Å². The molecule has 0 aliphatic heterocycles. The van der Waals surface area contributed by atoms with Crippen molar-refractivity contribution in [3.8, 4) is 0 Å². The van der Waals surface area contributed by atoms with Crippen molar-refractivity contribution in [1.82, 2.24) is 0 Å². The Hall–Kier alpha value is 0.370. The van der Waals surface area contributed by atoms with Crippen LogP contribution in [-0.4, -0.2) is 49.9 Å². The second-order valence-corrected chi connectivity index (χ2v) is 5.79. The molecule has 0 aromatic rings. The number of carboxylic acids is 2. The molecule has 0 saturated heterocycles. The van der Waals surface area contributed by atoms with Gasteiger partial charge < -0.3 is 21.8 Å². The van der Waals surface area contributed by atoms with Gasteiger partial charge in [-0.2, -0.15) is 0 Å². The summed E-state index contributed by atoms with van der Waals surface area (Å²) < 4.78 is 0. The van der Waals surface area contributed by atoms with E-state index in [-0.39, 0.29) is 94.1 Å². The number of carbonyl (C=O) groups excluding carboxylic acids is 3. The number of hydrogen-bond donors (Lipinski definition) is 3. The monoisotopic (exact) mass is 508 g/mol. The molecule has 0 rings (SSSR count). The molecule has 0 bridgehead atoms. The number of aliphatic carboxylic acids is 2. The molecule has 0 spiro atoms. The van der Waals surface area contributed by atoms with Crippen molar-refractivity contribution in [2.24, 2.45) is 0 Å². The number of thiol groups is 1. The zero-order valence-corrected chi connectivity index (χ0v) is 22.7.